The number of hydrogen-bond donors (Lipinski definition) is 1. The van der Waals surface area contributed by atoms with Gasteiger partial charge in [0, 0.05) is 47.7 Å². The fourth-order valence-electron chi connectivity index (χ4n) is 2.61. The van der Waals surface area contributed by atoms with Gasteiger partial charge in [-0.3, -0.25) is 9.59 Å². The quantitative estimate of drug-likeness (QED) is 0.689. The summed E-state index contributed by atoms with van der Waals surface area (Å²) in [5, 5.41) is 0.185. The van der Waals surface area contributed by atoms with Gasteiger partial charge in [-0.05, 0) is 40.8 Å². The molecule has 2 heterocycles. The number of piperazine rings is 1. The van der Waals surface area contributed by atoms with E-state index in [-0.39, 0.29) is 16.5 Å². The monoisotopic (exact) mass is 471 g/mol. The van der Waals surface area contributed by atoms with Crippen molar-refractivity contribution >= 4 is 52.0 Å². The van der Waals surface area contributed by atoms with E-state index in [0.29, 0.717) is 37.7 Å². The van der Waals surface area contributed by atoms with Crippen LogP contribution in [-0.2, 0) is 0 Å². The van der Waals surface area contributed by atoms with Crippen LogP contribution in [0, 0.1) is 3.57 Å². The molecule has 0 atom stereocenters. The maximum Gasteiger partial charge on any atom is 0.254 e. The van der Waals surface area contributed by atoms with Crippen molar-refractivity contribution in [3.63, 3.8) is 0 Å². The number of halogens is 2. The molecule has 0 spiro atoms. The van der Waals surface area contributed by atoms with Crippen LogP contribution in [-0.4, -0.2) is 52.9 Å². The Morgan fingerprint density at radius 1 is 1.12 bits per heavy atom. The summed E-state index contributed by atoms with van der Waals surface area (Å²) in [6, 6.07) is 4.54. The topological polar surface area (TPSA) is 92.4 Å². The molecule has 1 aromatic heterocycles. The lowest BCUT2D eigenvalue weighted by molar-refractivity contribution is 0.0745. The molecule has 0 bridgehead atoms. The summed E-state index contributed by atoms with van der Waals surface area (Å²) < 4.78 is 0.978. The fraction of sp³-hybridized carbons (Fsp3) is 0.250. The summed E-state index contributed by atoms with van der Waals surface area (Å²) >= 11 is 8.18. The molecule has 1 aliphatic heterocycles. The van der Waals surface area contributed by atoms with Gasteiger partial charge in [0.05, 0.1) is 10.6 Å². The van der Waals surface area contributed by atoms with Gasteiger partial charge in [0.25, 0.3) is 5.91 Å². The molecule has 1 aromatic carbocycles. The number of carbonyl (C=O) groups excluding carboxylic acids is 2. The van der Waals surface area contributed by atoms with E-state index in [4.69, 9.17) is 17.3 Å². The number of nitrogens with zero attached hydrogens (tertiary/aromatic N) is 4. The van der Waals surface area contributed by atoms with E-state index in [2.05, 4.69) is 32.6 Å². The second-order valence-corrected chi connectivity index (χ2v) is 7.19. The highest BCUT2D eigenvalue weighted by atomic mass is 127. The molecule has 1 aliphatic rings. The summed E-state index contributed by atoms with van der Waals surface area (Å²) in [4.78, 5) is 36.3. The molecular formula is C16H15ClIN5O2. The first-order valence-corrected chi connectivity index (χ1v) is 9.02. The minimum absolute atomic E-state index is 0.124. The van der Waals surface area contributed by atoms with E-state index < -0.39 is 5.91 Å². The van der Waals surface area contributed by atoms with Crippen LogP contribution in [0.25, 0.3) is 0 Å². The number of benzene rings is 1. The minimum Gasteiger partial charge on any atom is -0.366 e. The third-order valence-electron chi connectivity index (χ3n) is 3.94. The summed E-state index contributed by atoms with van der Waals surface area (Å²) in [7, 11) is 0. The van der Waals surface area contributed by atoms with Crippen LogP contribution in [0.5, 0.6) is 0 Å². The van der Waals surface area contributed by atoms with Crippen LogP contribution < -0.4 is 10.6 Å². The maximum absolute atomic E-state index is 12.6. The van der Waals surface area contributed by atoms with Crippen molar-refractivity contribution in [2.75, 3.05) is 31.1 Å². The van der Waals surface area contributed by atoms with Crippen LogP contribution in [0.2, 0.25) is 5.02 Å². The molecule has 7 nitrogen and oxygen atoms in total. The Labute approximate surface area is 163 Å². The van der Waals surface area contributed by atoms with Crippen LogP contribution in [0.3, 0.4) is 0 Å². The lowest BCUT2D eigenvalue weighted by Crippen LogP contribution is -2.49. The second kappa shape index (κ2) is 7.52. The van der Waals surface area contributed by atoms with Crippen molar-refractivity contribution < 1.29 is 9.59 Å². The third-order valence-corrected chi connectivity index (χ3v) is 4.81. The molecule has 1 fully saturated rings. The molecule has 0 unspecified atom stereocenters. The molecular weight excluding hydrogens is 457 g/mol. The highest BCUT2D eigenvalue weighted by molar-refractivity contribution is 14.1. The van der Waals surface area contributed by atoms with E-state index in [1.165, 1.54) is 12.1 Å². The van der Waals surface area contributed by atoms with Gasteiger partial charge in [-0.15, -0.1) is 0 Å². The number of nitrogens with two attached hydrogens (primary N) is 1. The van der Waals surface area contributed by atoms with Gasteiger partial charge in [-0.1, -0.05) is 11.6 Å². The minimum atomic E-state index is -0.616. The highest BCUT2D eigenvalue weighted by Crippen LogP contribution is 2.20. The zero-order valence-corrected chi connectivity index (χ0v) is 16.1. The van der Waals surface area contributed by atoms with Gasteiger partial charge in [0.1, 0.15) is 0 Å². The van der Waals surface area contributed by atoms with Gasteiger partial charge < -0.3 is 15.5 Å². The van der Waals surface area contributed by atoms with Gasteiger partial charge >= 0.3 is 0 Å². The Balaban J connectivity index is 1.66. The number of carbonyl (C=O) groups is 2. The Morgan fingerprint density at radius 2 is 1.76 bits per heavy atom. The number of hydrogen-bond acceptors (Lipinski definition) is 5. The molecule has 2 aromatic rings. The first kappa shape index (κ1) is 17.9. The summed E-state index contributed by atoms with van der Waals surface area (Å²) in [6.07, 6.45) is 3.53. The van der Waals surface area contributed by atoms with Crippen molar-refractivity contribution in [3.05, 3.63) is 50.3 Å². The number of primary amides is 1. The van der Waals surface area contributed by atoms with Crippen LogP contribution >= 0.6 is 34.2 Å². The van der Waals surface area contributed by atoms with Crippen LogP contribution in [0.1, 0.15) is 20.7 Å². The van der Waals surface area contributed by atoms with Gasteiger partial charge in [0.15, 0.2) is 0 Å². The van der Waals surface area contributed by atoms with Gasteiger partial charge in [-0.2, -0.15) is 0 Å². The Morgan fingerprint density at radius 3 is 2.32 bits per heavy atom. The lowest BCUT2D eigenvalue weighted by Gasteiger charge is -2.34. The van der Waals surface area contributed by atoms with Crippen molar-refractivity contribution in [2.24, 2.45) is 5.73 Å². The average molecular weight is 472 g/mol. The molecule has 25 heavy (non-hydrogen) atoms. The number of anilines is 1. The molecule has 0 saturated carbocycles. The standard InChI is InChI=1S/C16H15ClIN5O2/c17-13-7-10(1-2-12(13)14(19)24)15(25)22-3-5-23(6-4-22)16-20-8-11(18)9-21-16/h1-2,7-9H,3-6H2,(H2,19,24). The predicted molar refractivity (Wildman–Crippen MR) is 103 cm³/mol. The molecule has 1 saturated heterocycles. The number of rotatable bonds is 3. The third kappa shape index (κ3) is 4.01. The molecule has 0 radical (unpaired) electrons. The van der Waals surface area contributed by atoms with E-state index in [0.717, 1.165) is 3.57 Å². The van der Waals surface area contributed by atoms with Gasteiger partial charge in [0.2, 0.25) is 11.9 Å². The molecule has 9 heteroatoms. The predicted octanol–water partition coefficient (Wildman–Crippen LogP) is 1.80. The van der Waals surface area contributed by atoms with Crippen molar-refractivity contribution in [2.45, 2.75) is 0 Å². The first-order valence-electron chi connectivity index (χ1n) is 7.57. The van der Waals surface area contributed by atoms with Crippen molar-refractivity contribution in [3.8, 4) is 0 Å². The zero-order valence-electron chi connectivity index (χ0n) is 13.2. The van der Waals surface area contributed by atoms with Crippen molar-refractivity contribution in [1.29, 1.82) is 0 Å². The SMILES string of the molecule is NC(=O)c1ccc(C(=O)N2CCN(c3ncc(I)cn3)CC2)cc1Cl. The van der Waals surface area contributed by atoms with Gasteiger partial charge in [-0.25, -0.2) is 9.97 Å². The van der Waals surface area contributed by atoms with E-state index >= 15 is 0 Å². The normalized spacial score (nSPS) is 14.5. The maximum atomic E-state index is 12.6. The Hall–Kier alpha value is -1.94. The smallest absolute Gasteiger partial charge is 0.254 e. The summed E-state index contributed by atoms with van der Waals surface area (Å²) in [5.41, 5.74) is 5.87. The Bertz CT molecular complexity index is 807. The second-order valence-electron chi connectivity index (χ2n) is 5.54. The number of amides is 2. The molecule has 2 amide bonds. The van der Waals surface area contributed by atoms with Crippen molar-refractivity contribution in [1.82, 2.24) is 14.9 Å². The van der Waals surface area contributed by atoms with E-state index in [1.807, 2.05) is 4.90 Å². The van der Waals surface area contributed by atoms with E-state index in [9.17, 15) is 9.59 Å². The fourth-order valence-corrected chi connectivity index (χ4v) is 3.16. The van der Waals surface area contributed by atoms with Crippen LogP contribution in [0.4, 0.5) is 5.95 Å². The summed E-state index contributed by atoms with van der Waals surface area (Å²) in [5.74, 6) is -0.0717. The lowest BCUT2D eigenvalue weighted by atomic mass is 10.1. The zero-order chi connectivity index (χ0) is 18.0. The van der Waals surface area contributed by atoms with E-state index in [1.54, 1.807) is 23.4 Å². The molecule has 2 N–H and O–H groups in total. The summed E-state index contributed by atoms with van der Waals surface area (Å²) in [6.45, 7) is 2.42. The number of aromatic nitrogens is 2. The molecule has 3 rings (SSSR count). The first-order chi connectivity index (χ1) is 12.0. The molecule has 130 valence electrons. The average Bonchev–Trinajstić information content (AvgIpc) is 2.61. The van der Waals surface area contributed by atoms with Crippen LogP contribution in [0.15, 0.2) is 30.6 Å². The highest BCUT2D eigenvalue weighted by Gasteiger charge is 2.24. The Kier molecular flexibility index (Phi) is 5.38. The largest absolute Gasteiger partial charge is 0.366 e. The molecule has 0 aliphatic carbocycles.